The monoisotopic (exact) mass is 224 g/mol. The van der Waals surface area contributed by atoms with Crippen LogP contribution >= 0.6 is 0 Å². The first kappa shape index (κ1) is 11.8. The molecule has 1 rings (SSSR count). The lowest BCUT2D eigenvalue weighted by Gasteiger charge is -2.15. The minimum Gasteiger partial charge on any atom is -0.326 e. The Morgan fingerprint density at radius 2 is 1.93 bits per heavy atom. The molecule has 15 heavy (non-hydrogen) atoms. The Kier molecular flexibility index (Phi) is 2.92. The van der Waals surface area contributed by atoms with Gasteiger partial charge in [-0.15, -0.1) is 0 Å². The second kappa shape index (κ2) is 3.71. The normalized spacial score (nSPS) is 22.5. The van der Waals surface area contributed by atoms with E-state index in [0.717, 1.165) is 0 Å². The van der Waals surface area contributed by atoms with E-state index < -0.39 is 30.7 Å². The van der Waals surface area contributed by atoms with Gasteiger partial charge in [0.2, 0.25) is 0 Å². The minimum atomic E-state index is -4.56. The van der Waals surface area contributed by atoms with Crippen molar-refractivity contribution in [2.24, 2.45) is 5.92 Å². The van der Waals surface area contributed by atoms with E-state index in [1.54, 1.807) is 13.8 Å². The van der Waals surface area contributed by atoms with E-state index in [1.165, 1.54) is 0 Å². The fraction of sp³-hybridized carbons (Fsp3) is 0.750. The number of nitrogens with one attached hydrogen (secondary N) is 1. The van der Waals surface area contributed by atoms with Gasteiger partial charge in [0, 0.05) is 0 Å². The van der Waals surface area contributed by atoms with Crippen molar-refractivity contribution in [3.05, 3.63) is 0 Å². The number of hydrogen-bond donors (Lipinski definition) is 1. The van der Waals surface area contributed by atoms with Gasteiger partial charge in [-0.1, -0.05) is 13.8 Å². The zero-order valence-corrected chi connectivity index (χ0v) is 8.26. The molecule has 0 spiro atoms. The summed E-state index contributed by atoms with van der Waals surface area (Å²) in [5.74, 6) is -1.04. The molecule has 1 N–H and O–H groups in total. The van der Waals surface area contributed by atoms with Crippen molar-refractivity contribution >= 4 is 11.9 Å². The first-order valence-electron chi connectivity index (χ1n) is 4.41. The second-order valence-electron chi connectivity index (χ2n) is 3.71. The average molecular weight is 224 g/mol. The van der Waals surface area contributed by atoms with Crippen molar-refractivity contribution in [1.82, 2.24) is 10.2 Å². The molecule has 0 radical (unpaired) electrons. The van der Waals surface area contributed by atoms with Gasteiger partial charge in [-0.2, -0.15) is 13.2 Å². The summed E-state index contributed by atoms with van der Waals surface area (Å²) >= 11 is 0. The van der Waals surface area contributed by atoms with E-state index in [-0.39, 0.29) is 10.8 Å². The SMILES string of the molecule is CC(C)C1NC(=O)N(CC(F)(F)F)C1=O. The molecular weight excluding hydrogens is 213 g/mol. The Morgan fingerprint density at radius 1 is 1.40 bits per heavy atom. The van der Waals surface area contributed by atoms with Gasteiger partial charge in [0.25, 0.3) is 5.91 Å². The molecule has 1 unspecified atom stereocenters. The Labute approximate surface area is 84.4 Å². The predicted molar refractivity (Wildman–Crippen MR) is 44.9 cm³/mol. The van der Waals surface area contributed by atoms with Crippen LogP contribution in [0, 0.1) is 5.92 Å². The number of carbonyl (C=O) groups excluding carboxylic acids is 2. The highest BCUT2D eigenvalue weighted by atomic mass is 19.4. The molecule has 0 aromatic carbocycles. The number of carbonyl (C=O) groups is 2. The third kappa shape index (κ3) is 2.60. The van der Waals surface area contributed by atoms with E-state index >= 15 is 0 Å². The first-order chi connectivity index (χ1) is 6.72. The number of urea groups is 1. The molecule has 7 heteroatoms. The lowest BCUT2D eigenvalue weighted by molar-refractivity contribution is -0.153. The Hall–Kier alpha value is -1.27. The molecule has 1 aliphatic rings. The summed E-state index contributed by atoms with van der Waals surface area (Å²) in [6.07, 6.45) is -4.56. The van der Waals surface area contributed by atoms with Crippen LogP contribution in [0.5, 0.6) is 0 Å². The number of hydrogen-bond acceptors (Lipinski definition) is 2. The van der Waals surface area contributed by atoms with Crippen LogP contribution < -0.4 is 5.32 Å². The summed E-state index contributed by atoms with van der Waals surface area (Å²) in [6, 6.07) is -1.82. The Morgan fingerprint density at radius 3 is 2.27 bits per heavy atom. The summed E-state index contributed by atoms with van der Waals surface area (Å²) in [4.78, 5) is 22.6. The molecule has 1 heterocycles. The molecule has 86 valence electrons. The molecule has 1 atom stereocenters. The van der Waals surface area contributed by atoms with Crippen LogP contribution in [-0.4, -0.2) is 35.6 Å². The molecule has 0 aliphatic carbocycles. The summed E-state index contributed by atoms with van der Waals surface area (Å²) < 4.78 is 36.0. The third-order valence-corrected chi connectivity index (χ3v) is 2.06. The van der Waals surface area contributed by atoms with Crippen LogP contribution in [-0.2, 0) is 4.79 Å². The third-order valence-electron chi connectivity index (χ3n) is 2.06. The quantitative estimate of drug-likeness (QED) is 0.714. The highest BCUT2D eigenvalue weighted by Gasteiger charge is 2.44. The average Bonchev–Trinajstić information content (AvgIpc) is 2.29. The highest BCUT2D eigenvalue weighted by Crippen LogP contribution is 2.21. The fourth-order valence-electron chi connectivity index (χ4n) is 1.32. The predicted octanol–water partition coefficient (Wildman–Crippen LogP) is 1.13. The number of alkyl halides is 3. The Balaban J connectivity index is 2.76. The maximum absolute atomic E-state index is 12.0. The molecule has 4 nitrogen and oxygen atoms in total. The van der Waals surface area contributed by atoms with Gasteiger partial charge < -0.3 is 5.32 Å². The van der Waals surface area contributed by atoms with Crippen LogP contribution in [0.25, 0.3) is 0 Å². The van der Waals surface area contributed by atoms with Crippen LogP contribution in [0.3, 0.4) is 0 Å². The molecule has 0 aromatic rings. The molecule has 0 aromatic heterocycles. The minimum absolute atomic E-state index is 0.199. The van der Waals surface area contributed by atoms with E-state index in [0.29, 0.717) is 0 Å². The largest absolute Gasteiger partial charge is 0.406 e. The summed E-state index contributed by atoms with van der Waals surface area (Å²) in [5, 5.41) is 2.21. The molecule has 0 bridgehead atoms. The standard InChI is InChI=1S/C8H11F3N2O2/c1-4(2)5-6(14)13(7(15)12-5)3-8(9,10)11/h4-5H,3H2,1-2H3,(H,12,15). The van der Waals surface area contributed by atoms with Crippen LogP contribution in [0.2, 0.25) is 0 Å². The molecule has 0 saturated carbocycles. The smallest absolute Gasteiger partial charge is 0.326 e. The van der Waals surface area contributed by atoms with Gasteiger partial charge >= 0.3 is 12.2 Å². The molecule has 1 saturated heterocycles. The van der Waals surface area contributed by atoms with E-state index in [1.807, 2.05) is 0 Å². The van der Waals surface area contributed by atoms with Crippen molar-refractivity contribution in [1.29, 1.82) is 0 Å². The van der Waals surface area contributed by atoms with Gasteiger partial charge in [-0.05, 0) is 5.92 Å². The highest BCUT2D eigenvalue weighted by molar-refractivity contribution is 6.04. The number of halogens is 3. The van der Waals surface area contributed by atoms with Gasteiger partial charge in [0.15, 0.2) is 0 Å². The molecular formula is C8H11F3N2O2. The van der Waals surface area contributed by atoms with Crippen molar-refractivity contribution < 1.29 is 22.8 Å². The van der Waals surface area contributed by atoms with Crippen molar-refractivity contribution in [2.45, 2.75) is 26.1 Å². The van der Waals surface area contributed by atoms with Crippen molar-refractivity contribution in [3.63, 3.8) is 0 Å². The number of amides is 3. The van der Waals surface area contributed by atoms with E-state index in [9.17, 15) is 22.8 Å². The first-order valence-corrected chi connectivity index (χ1v) is 4.41. The zero-order chi connectivity index (χ0) is 11.8. The maximum Gasteiger partial charge on any atom is 0.406 e. The van der Waals surface area contributed by atoms with Gasteiger partial charge in [-0.3, -0.25) is 9.69 Å². The van der Waals surface area contributed by atoms with Crippen LogP contribution in [0.4, 0.5) is 18.0 Å². The topological polar surface area (TPSA) is 49.4 Å². The van der Waals surface area contributed by atoms with Gasteiger partial charge in [0.1, 0.15) is 12.6 Å². The summed E-state index contributed by atoms with van der Waals surface area (Å²) in [6.45, 7) is 1.78. The molecule has 1 fully saturated rings. The zero-order valence-electron chi connectivity index (χ0n) is 8.26. The van der Waals surface area contributed by atoms with Gasteiger partial charge in [-0.25, -0.2) is 4.79 Å². The number of imide groups is 1. The van der Waals surface area contributed by atoms with E-state index in [4.69, 9.17) is 0 Å². The molecule has 1 aliphatic heterocycles. The van der Waals surface area contributed by atoms with Crippen LogP contribution in [0.15, 0.2) is 0 Å². The van der Waals surface area contributed by atoms with Crippen molar-refractivity contribution in [2.75, 3.05) is 6.54 Å². The summed E-state index contributed by atoms with van der Waals surface area (Å²) in [5.41, 5.74) is 0. The lowest BCUT2D eigenvalue weighted by atomic mass is 10.1. The lowest BCUT2D eigenvalue weighted by Crippen LogP contribution is -2.39. The number of nitrogens with zero attached hydrogens (tertiary/aromatic N) is 1. The molecule has 3 amide bonds. The van der Waals surface area contributed by atoms with Crippen molar-refractivity contribution in [3.8, 4) is 0 Å². The van der Waals surface area contributed by atoms with E-state index in [2.05, 4.69) is 5.32 Å². The second-order valence-corrected chi connectivity index (χ2v) is 3.71. The van der Waals surface area contributed by atoms with Crippen LogP contribution in [0.1, 0.15) is 13.8 Å². The summed E-state index contributed by atoms with van der Waals surface area (Å²) in [7, 11) is 0. The maximum atomic E-state index is 12.0. The number of rotatable bonds is 2. The van der Waals surface area contributed by atoms with Gasteiger partial charge in [0.05, 0.1) is 0 Å². The fourth-order valence-corrected chi connectivity index (χ4v) is 1.32. The Bertz CT molecular complexity index is 288.